The van der Waals surface area contributed by atoms with Crippen LogP contribution in [0.25, 0.3) is 0 Å². The Hall–Kier alpha value is -2.68. The van der Waals surface area contributed by atoms with Gasteiger partial charge in [0.15, 0.2) is 0 Å². The maximum atomic E-state index is 14.5. The highest BCUT2D eigenvalue weighted by atomic mass is 19.1. The molecule has 2 aliphatic rings. The lowest BCUT2D eigenvalue weighted by Gasteiger charge is -2.38. The molecule has 2 saturated heterocycles. The minimum Gasteiger partial charge on any atom is -0.480 e. The van der Waals surface area contributed by atoms with Gasteiger partial charge in [-0.05, 0) is 24.1 Å². The number of primary amides is 1. The zero-order valence-corrected chi connectivity index (χ0v) is 14.1. The number of ether oxygens (including phenoxy) is 1. The van der Waals surface area contributed by atoms with E-state index in [1.165, 1.54) is 11.0 Å². The zero-order valence-electron chi connectivity index (χ0n) is 14.1. The van der Waals surface area contributed by atoms with Gasteiger partial charge in [0.2, 0.25) is 5.91 Å². The molecule has 2 amide bonds. The standard InChI is InChI=1S/C17H20FN3O5/c18-14-5-11(21-8-12(26-17(21)25)2-4-15(19)22)1-3-13(14)10-6-20(7-10)9-16(23)24/h1,3,5,10,12H,2,4,6-9H2,(H2,19,22)(H,23,24). The zero-order chi connectivity index (χ0) is 18.8. The molecule has 1 unspecified atom stereocenters. The summed E-state index contributed by atoms with van der Waals surface area (Å²) in [5, 5.41) is 8.74. The van der Waals surface area contributed by atoms with E-state index in [4.69, 9.17) is 15.6 Å². The molecule has 140 valence electrons. The first-order valence-corrected chi connectivity index (χ1v) is 8.33. The predicted molar refractivity (Wildman–Crippen MR) is 89.3 cm³/mol. The smallest absolute Gasteiger partial charge is 0.414 e. The first-order chi connectivity index (χ1) is 12.3. The Morgan fingerprint density at radius 1 is 1.31 bits per heavy atom. The topological polar surface area (TPSA) is 113 Å². The second kappa shape index (κ2) is 7.28. The lowest BCUT2D eigenvalue weighted by Crippen LogP contribution is -2.47. The van der Waals surface area contributed by atoms with Crippen LogP contribution in [0, 0.1) is 5.82 Å². The summed E-state index contributed by atoms with van der Waals surface area (Å²) in [5.74, 6) is -1.86. The van der Waals surface area contributed by atoms with Crippen LogP contribution in [0.15, 0.2) is 18.2 Å². The summed E-state index contributed by atoms with van der Waals surface area (Å²) >= 11 is 0. The summed E-state index contributed by atoms with van der Waals surface area (Å²) in [6.07, 6.45) is -0.579. The number of rotatable bonds is 7. The molecule has 0 bridgehead atoms. The van der Waals surface area contributed by atoms with E-state index < -0.39 is 29.9 Å². The number of aliphatic carboxylic acids is 1. The number of carbonyl (C=O) groups excluding carboxylic acids is 2. The van der Waals surface area contributed by atoms with Gasteiger partial charge in [0.25, 0.3) is 0 Å². The number of amides is 2. The van der Waals surface area contributed by atoms with Gasteiger partial charge < -0.3 is 15.6 Å². The third-order valence-electron chi connectivity index (χ3n) is 4.64. The van der Waals surface area contributed by atoms with Crippen LogP contribution in [0.2, 0.25) is 0 Å². The molecule has 1 aromatic rings. The van der Waals surface area contributed by atoms with Crippen LogP contribution in [0.3, 0.4) is 0 Å². The Bertz CT molecular complexity index is 735. The molecule has 8 nitrogen and oxygen atoms in total. The van der Waals surface area contributed by atoms with Gasteiger partial charge >= 0.3 is 12.1 Å². The number of hydrogen-bond donors (Lipinski definition) is 2. The summed E-state index contributed by atoms with van der Waals surface area (Å²) in [7, 11) is 0. The molecule has 26 heavy (non-hydrogen) atoms. The quantitative estimate of drug-likeness (QED) is 0.742. The van der Waals surface area contributed by atoms with E-state index in [2.05, 4.69) is 0 Å². The number of carboxylic acids is 1. The van der Waals surface area contributed by atoms with Crippen LogP contribution in [-0.2, 0) is 14.3 Å². The molecule has 3 N–H and O–H groups in total. The van der Waals surface area contributed by atoms with Crippen molar-refractivity contribution in [2.45, 2.75) is 24.9 Å². The summed E-state index contributed by atoms with van der Waals surface area (Å²) in [6, 6.07) is 4.56. The number of benzene rings is 1. The number of likely N-dealkylation sites (tertiary alicyclic amines) is 1. The molecule has 3 rings (SSSR count). The molecule has 1 aromatic carbocycles. The number of hydrogen-bond acceptors (Lipinski definition) is 5. The lowest BCUT2D eigenvalue weighted by molar-refractivity contribution is -0.139. The largest absolute Gasteiger partial charge is 0.480 e. The first-order valence-electron chi connectivity index (χ1n) is 8.33. The normalized spacial score (nSPS) is 20.7. The number of nitrogens with zero attached hydrogens (tertiary/aromatic N) is 2. The van der Waals surface area contributed by atoms with Gasteiger partial charge in [-0.1, -0.05) is 6.07 Å². The molecule has 1 atom stereocenters. The molecule has 0 spiro atoms. The molecular formula is C17H20FN3O5. The number of nitrogens with two attached hydrogens (primary N) is 1. The van der Waals surface area contributed by atoms with E-state index in [1.54, 1.807) is 17.0 Å². The maximum absolute atomic E-state index is 14.5. The average Bonchev–Trinajstić information content (AvgIpc) is 2.90. The molecule has 2 heterocycles. The van der Waals surface area contributed by atoms with E-state index in [0.29, 0.717) is 30.8 Å². The second-order valence-electron chi connectivity index (χ2n) is 6.61. The van der Waals surface area contributed by atoms with Crippen molar-refractivity contribution >= 4 is 23.7 Å². The van der Waals surface area contributed by atoms with E-state index >= 15 is 0 Å². The van der Waals surface area contributed by atoms with Gasteiger partial charge in [0.1, 0.15) is 11.9 Å². The summed E-state index contributed by atoms with van der Waals surface area (Å²) in [4.78, 5) is 36.5. The van der Waals surface area contributed by atoms with Crippen molar-refractivity contribution in [1.82, 2.24) is 4.90 Å². The Balaban J connectivity index is 1.62. The van der Waals surface area contributed by atoms with Crippen LogP contribution < -0.4 is 10.6 Å². The third kappa shape index (κ3) is 3.93. The van der Waals surface area contributed by atoms with Gasteiger partial charge in [-0.2, -0.15) is 0 Å². The van der Waals surface area contributed by atoms with Crippen molar-refractivity contribution < 1.29 is 28.6 Å². The van der Waals surface area contributed by atoms with Crippen molar-refractivity contribution in [2.75, 3.05) is 31.1 Å². The number of carboxylic acid groups (broad SMARTS) is 1. The van der Waals surface area contributed by atoms with Crippen molar-refractivity contribution in [3.05, 3.63) is 29.6 Å². The molecule has 0 aliphatic carbocycles. The maximum Gasteiger partial charge on any atom is 0.414 e. The Labute approximate surface area is 149 Å². The van der Waals surface area contributed by atoms with Gasteiger partial charge in [-0.25, -0.2) is 9.18 Å². The SMILES string of the molecule is NC(=O)CCC1CN(c2ccc(C3CN(CC(=O)O)C3)c(F)c2)C(=O)O1. The molecule has 0 aromatic heterocycles. The molecular weight excluding hydrogens is 345 g/mol. The average molecular weight is 365 g/mol. The van der Waals surface area contributed by atoms with E-state index in [-0.39, 0.29) is 25.4 Å². The van der Waals surface area contributed by atoms with Crippen molar-refractivity contribution in [2.24, 2.45) is 5.73 Å². The summed E-state index contributed by atoms with van der Waals surface area (Å²) in [6.45, 7) is 1.16. The first kappa shape index (κ1) is 18.1. The monoisotopic (exact) mass is 365 g/mol. The fourth-order valence-corrected chi connectivity index (χ4v) is 3.29. The summed E-state index contributed by atoms with van der Waals surface area (Å²) in [5.41, 5.74) is 5.99. The molecule has 0 radical (unpaired) electrons. The highest BCUT2D eigenvalue weighted by Gasteiger charge is 2.34. The third-order valence-corrected chi connectivity index (χ3v) is 4.64. The van der Waals surface area contributed by atoms with Gasteiger partial charge in [0, 0.05) is 25.4 Å². The van der Waals surface area contributed by atoms with E-state index in [1.807, 2.05) is 0 Å². The van der Waals surface area contributed by atoms with Crippen LogP contribution >= 0.6 is 0 Å². The predicted octanol–water partition coefficient (Wildman–Crippen LogP) is 0.900. The van der Waals surface area contributed by atoms with Crippen molar-refractivity contribution in [3.63, 3.8) is 0 Å². The fraction of sp³-hybridized carbons (Fsp3) is 0.471. The Kier molecular flexibility index (Phi) is 5.08. The highest BCUT2D eigenvalue weighted by molar-refractivity contribution is 5.89. The Morgan fingerprint density at radius 3 is 2.65 bits per heavy atom. The van der Waals surface area contributed by atoms with Crippen LogP contribution in [0.4, 0.5) is 14.9 Å². The van der Waals surface area contributed by atoms with Crippen molar-refractivity contribution in [3.8, 4) is 0 Å². The number of carbonyl (C=O) groups is 3. The molecule has 9 heteroatoms. The Morgan fingerprint density at radius 2 is 2.04 bits per heavy atom. The second-order valence-corrected chi connectivity index (χ2v) is 6.61. The van der Waals surface area contributed by atoms with Crippen LogP contribution in [0.1, 0.15) is 24.3 Å². The van der Waals surface area contributed by atoms with E-state index in [0.717, 1.165) is 0 Å². The minimum atomic E-state index is -0.905. The van der Waals surface area contributed by atoms with E-state index in [9.17, 15) is 18.8 Å². The van der Waals surface area contributed by atoms with Gasteiger partial charge in [0.05, 0.1) is 18.8 Å². The minimum absolute atomic E-state index is 0.0531. The highest BCUT2D eigenvalue weighted by Crippen LogP contribution is 2.32. The van der Waals surface area contributed by atoms with Crippen molar-refractivity contribution in [1.29, 1.82) is 0 Å². The molecule has 2 fully saturated rings. The summed E-state index contributed by atoms with van der Waals surface area (Å²) < 4.78 is 19.6. The molecule has 2 aliphatic heterocycles. The number of anilines is 1. The number of halogens is 1. The fourth-order valence-electron chi connectivity index (χ4n) is 3.29. The molecule has 0 saturated carbocycles. The van der Waals surface area contributed by atoms with Gasteiger partial charge in [-0.15, -0.1) is 0 Å². The van der Waals surface area contributed by atoms with Crippen LogP contribution in [-0.4, -0.2) is 60.3 Å². The number of cyclic esters (lactones) is 1. The lowest BCUT2D eigenvalue weighted by atomic mass is 9.91. The van der Waals surface area contributed by atoms with Gasteiger partial charge in [-0.3, -0.25) is 19.4 Å². The van der Waals surface area contributed by atoms with Crippen LogP contribution in [0.5, 0.6) is 0 Å².